The zero-order chi connectivity index (χ0) is 16.4. The summed E-state index contributed by atoms with van der Waals surface area (Å²) < 4.78 is 14.5. The van der Waals surface area contributed by atoms with Crippen molar-refractivity contribution in [3.63, 3.8) is 0 Å². The van der Waals surface area contributed by atoms with Gasteiger partial charge in [0.15, 0.2) is 5.69 Å². The first-order valence-electron chi connectivity index (χ1n) is 7.11. The van der Waals surface area contributed by atoms with Crippen LogP contribution in [0.5, 0.6) is 0 Å². The Morgan fingerprint density at radius 1 is 1.13 bits per heavy atom. The maximum atomic E-state index is 12.9. The van der Waals surface area contributed by atoms with Crippen molar-refractivity contribution in [2.24, 2.45) is 0 Å². The van der Waals surface area contributed by atoms with Gasteiger partial charge >= 0.3 is 0 Å². The molecule has 1 heterocycles. The average Bonchev–Trinajstić information content (AvgIpc) is 2.91. The fraction of sp³-hybridized carbons (Fsp3) is 0.118. The number of nitrogens with one attached hydrogen (secondary N) is 1. The minimum Gasteiger partial charge on any atom is -0.321 e. The van der Waals surface area contributed by atoms with Gasteiger partial charge in [-0.05, 0) is 55.8 Å². The Morgan fingerprint density at radius 3 is 2.57 bits per heavy atom. The molecule has 1 aromatic heterocycles. The van der Waals surface area contributed by atoms with Crippen LogP contribution in [0.3, 0.4) is 0 Å². The zero-order valence-corrected chi connectivity index (χ0v) is 12.7. The number of rotatable bonds is 3. The van der Waals surface area contributed by atoms with Crippen molar-refractivity contribution in [2.45, 2.75) is 13.8 Å². The number of hydrogen-bond donors (Lipinski definition) is 1. The number of aryl methyl sites for hydroxylation is 1. The van der Waals surface area contributed by atoms with E-state index < -0.39 is 0 Å². The van der Waals surface area contributed by atoms with Crippen LogP contribution >= 0.6 is 0 Å². The summed E-state index contributed by atoms with van der Waals surface area (Å²) >= 11 is 0. The molecule has 1 amide bonds. The normalized spacial score (nSPS) is 10.6. The van der Waals surface area contributed by atoms with Crippen molar-refractivity contribution in [3.05, 3.63) is 71.3 Å². The third kappa shape index (κ3) is 3.11. The number of anilines is 1. The molecule has 0 spiro atoms. The molecule has 0 aliphatic heterocycles. The van der Waals surface area contributed by atoms with Crippen LogP contribution in [0, 0.1) is 19.7 Å². The third-order valence-electron chi connectivity index (χ3n) is 3.46. The van der Waals surface area contributed by atoms with Crippen LogP contribution in [0.25, 0.3) is 5.69 Å². The molecule has 0 bridgehead atoms. The highest BCUT2D eigenvalue weighted by molar-refractivity contribution is 6.03. The largest absolute Gasteiger partial charge is 0.321 e. The Balaban J connectivity index is 1.86. The SMILES string of the molecule is Cc1cccc(-n2nnc(C(=O)Nc3ccc(F)cc3)c2C)c1. The van der Waals surface area contributed by atoms with E-state index in [1.807, 2.05) is 31.2 Å². The predicted octanol–water partition coefficient (Wildman–Crippen LogP) is 3.28. The second-order valence-electron chi connectivity index (χ2n) is 5.24. The molecule has 3 aromatic rings. The van der Waals surface area contributed by atoms with Crippen molar-refractivity contribution in [1.82, 2.24) is 15.0 Å². The Bertz CT molecular complexity index is 855. The average molecular weight is 310 g/mol. The van der Waals surface area contributed by atoms with E-state index in [0.717, 1.165) is 11.3 Å². The Morgan fingerprint density at radius 2 is 1.87 bits per heavy atom. The number of carbonyl (C=O) groups is 1. The van der Waals surface area contributed by atoms with E-state index in [-0.39, 0.29) is 17.4 Å². The van der Waals surface area contributed by atoms with Gasteiger partial charge in [0.05, 0.1) is 11.4 Å². The van der Waals surface area contributed by atoms with Gasteiger partial charge < -0.3 is 5.32 Å². The molecule has 2 aromatic carbocycles. The van der Waals surface area contributed by atoms with E-state index in [2.05, 4.69) is 15.6 Å². The van der Waals surface area contributed by atoms with Gasteiger partial charge in [-0.3, -0.25) is 4.79 Å². The third-order valence-corrected chi connectivity index (χ3v) is 3.46. The molecule has 0 aliphatic carbocycles. The number of carbonyl (C=O) groups excluding carboxylic acids is 1. The molecule has 0 saturated heterocycles. The van der Waals surface area contributed by atoms with E-state index in [1.54, 1.807) is 11.6 Å². The van der Waals surface area contributed by atoms with Crippen LogP contribution in [0.1, 0.15) is 21.7 Å². The maximum absolute atomic E-state index is 12.9. The zero-order valence-electron chi connectivity index (χ0n) is 12.7. The van der Waals surface area contributed by atoms with E-state index in [4.69, 9.17) is 0 Å². The molecule has 6 heteroatoms. The summed E-state index contributed by atoms with van der Waals surface area (Å²) in [5.74, 6) is -0.738. The predicted molar refractivity (Wildman–Crippen MR) is 85.2 cm³/mol. The molecule has 1 N–H and O–H groups in total. The number of hydrogen-bond acceptors (Lipinski definition) is 3. The molecule has 3 rings (SSSR count). The van der Waals surface area contributed by atoms with Crippen molar-refractivity contribution in [2.75, 3.05) is 5.32 Å². The molecule has 5 nitrogen and oxygen atoms in total. The summed E-state index contributed by atoms with van der Waals surface area (Å²) in [5.41, 5.74) is 3.30. The van der Waals surface area contributed by atoms with Gasteiger partial charge in [-0.2, -0.15) is 0 Å². The van der Waals surface area contributed by atoms with Crippen LogP contribution in [-0.2, 0) is 0 Å². The molecule has 0 atom stereocenters. The summed E-state index contributed by atoms with van der Waals surface area (Å²) in [6.07, 6.45) is 0. The van der Waals surface area contributed by atoms with Gasteiger partial charge in [-0.25, -0.2) is 9.07 Å². The summed E-state index contributed by atoms with van der Waals surface area (Å²) in [4.78, 5) is 12.3. The monoisotopic (exact) mass is 310 g/mol. The molecule has 23 heavy (non-hydrogen) atoms. The minimum absolute atomic E-state index is 0.232. The smallest absolute Gasteiger partial charge is 0.278 e. The number of aromatic nitrogens is 3. The lowest BCUT2D eigenvalue weighted by molar-refractivity contribution is 0.102. The molecule has 116 valence electrons. The van der Waals surface area contributed by atoms with Crippen molar-refractivity contribution in [1.29, 1.82) is 0 Å². The summed E-state index contributed by atoms with van der Waals surface area (Å²) in [7, 11) is 0. The Kier molecular flexibility index (Phi) is 3.89. The number of benzene rings is 2. The molecule has 0 radical (unpaired) electrons. The lowest BCUT2D eigenvalue weighted by atomic mass is 10.2. The first-order valence-corrected chi connectivity index (χ1v) is 7.11. The molecular formula is C17H15FN4O. The molecule has 0 aliphatic rings. The van der Waals surface area contributed by atoms with Gasteiger partial charge in [0.25, 0.3) is 5.91 Å². The first-order chi connectivity index (χ1) is 11.0. The quantitative estimate of drug-likeness (QED) is 0.807. The fourth-order valence-electron chi connectivity index (χ4n) is 2.27. The summed E-state index contributed by atoms with van der Waals surface area (Å²) in [6.45, 7) is 3.76. The van der Waals surface area contributed by atoms with Crippen LogP contribution in [0.2, 0.25) is 0 Å². The highest BCUT2D eigenvalue weighted by Crippen LogP contribution is 2.15. The van der Waals surface area contributed by atoms with Crippen molar-refractivity contribution in [3.8, 4) is 5.69 Å². The Hall–Kier alpha value is -3.02. The highest BCUT2D eigenvalue weighted by Gasteiger charge is 2.17. The lowest BCUT2D eigenvalue weighted by Crippen LogP contribution is -2.14. The molecule has 0 saturated carbocycles. The topological polar surface area (TPSA) is 59.8 Å². The van der Waals surface area contributed by atoms with Crippen LogP contribution in [0.4, 0.5) is 10.1 Å². The van der Waals surface area contributed by atoms with Gasteiger partial charge in [-0.1, -0.05) is 17.3 Å². The second kappa shape index (κ2) is 6.00. The lowest BCUT2D eigenvalue weighted by Gasteiger charge is -2.05. The Labute approximate surface area is 132 Å². The van der Waals surface area contributed by atoms with Gasteiger partial charge in [-0.15, -0.1) is 5.10 Å². The number of amides is 1. The highest BCUT2D eigenvalue weighted by atomic mass is 19.1. The van der Waals surface area contributed by atoms with Gasteiger partial charge in [0, 0.05) is 5.69 Å². The maximum Gasteiger partial charge on any atom is 0.278 e. The van der Waals surface area contributed by atoms with E-state index in [0.29, 0.717) is 11.4 Å². The molecular weight excluding hydrogens is 295 g/mol. The summed E-state index contributed by atoms with van der Waals surface area (Å²) in [5, 5.41) is 10.7. The molecule has 0 unspecified atom stereocenters. The minimum atomic E-state index is -0.381. The van der Waals surface area contributed by atoms with Crippen molar-refractivity contribution >= 4 is 11.6 Å². The van der Waals surface area contributed by atoms with E-state index in [1.165, 1.54) is 24.3 Å². The second-order valence-corrected chi connectivity index (χ2v) is 5.24. The van der Waals surface area contributed by atoms with Crippen LogP contribution in [0.15, 0.2) is 48.5 Å². The van der Waals surface area contributed by atoms with Crippen molar-refractivity contribution < 1.29 is 9.18 Å². The molecule has 0 fully saturated rings. The van der Waals surface area contributed by atoms with E-state index in [9.17, 15) is 9.18 Å². The number of halogens is 1. The van der Waals surface area contributed by atoms with Crippen LogP contribution in [-0.4, -0.2) is 20.9 Å². The summed E-state index contributed by atoms with van der Waals surface area (Å²) in [6, 6.07) is 13.3. The fourth-order valence-corrected chi connectivity index (χ4v) is 2.27. The first kappa shape index (κ1) is 14.9. The van der Waals surface area contributed by atoms with Crippen LogP contribution < -0.4 is 5.32 Å². The van der Waals surface area contributed by atoms with Gasteiger partial charge in [0.2, 0.25) is 0 Å². The number of nitrogens with zero attached hydrogens (tertiary/aromatic N) is 3. The van der Waals surface area contributed by atoms with E-state index >= 15 is 0 Å². The van der Waals surface area contributed by atoms with Gasteiger partial charge in [0.1, 0.15) is 5.82 Å². The standard InChI is InChI=1S/C17H15FN4O/c1-11-4-3-5-15(10-11)22-12(2)16(20-21-22)17(23)19-14-8-6-13(18)7-9-14/h3-10H,1-2H3,(H,19,23).